The van der Waals surface area contributed by atoms with E-state index < -0.39 is 17.7 Å². The Bertz CT molecular complexity index is 474. The van der Waals surface area contributed by atoms with Gasteiger partial charge < -0.3 is 19.8 Å². The highest BCUT2D eigenvalue weighted by molar-refractivity contribution is 5.85. The maximum absolute atomic E-state index is 11.8. The quantitative estimate of drug-likeness (QED) is 0.886. The lowest BCUT2D eigenvalue weighted by atomic mass is 10.2. The summed E-state index contributed by atoms with van der Waals surface area (Å²) >= 11 is 0. The highest BCUT2D eigenvalue weighted by Crippen LogP contribution is 2.07. The van der Waals surface area contributed by atoms with Crippen LogP contribution in [0.1, 0.15) is 39.2 Å². The van der Waals surface area contributed by atoms with Crippen molar-refractivity contribution in [3.63, 3.8) is 0 Å². The van der Waals surface area contributed by atoms with E-state index in [1.165, 1.54) is 0 Å². The lowest BCUT2D eigenvalue weighted by Crippen LogP contribution is -2.46. The largest absolute Gasteiger partial charge is 0.465 e. The van der Waals surface area contributed by atoms with E-state index in [0.29, 0.717) is 5.76 Å². The van der Waals surface area contributed by atoms with Gasteiger partial charge in [0.15, 0.2) is 0 Å². The smallest absolute Gasteiger partial charge is 0.408 e. The number of rotatable bonds is 4. The first-order valence-electron chi connectivity index (χ1n) is 6.50. The molecular weight excluding hydrogens is 260 g/mol. The van der Waals surface area contributed by atoms with Gasteiger partial charge in [0, 0.05) is 0 Å². The topological polar surface area (TPSA) is 80.6 Å². The fourth-order valence-electron chi connectivity index (χ4n) is 1.46. The number of nitrogens with one attached hydrogen (secondary N) is 2. The first kappa shape index (κ1) is 16.1. The second-order valence-electron chi connectivity index (χ2n) is 5.60. The minimum Gasteiger partial charge on any atom is -0.465 e. The number of carbonyl (C=O) groups excluding carboxylic acids is 2. The van der Waals surface area contributed by atoms with Gasteiger partial charge in [-0.25, -0.2) is 4.79 Å². The van der Waals surface area contributed by atoms with E-state index in [2.05, 4.69) is 10.6 Å². The van der Waals surface area contributed by atoms with Crippen LogP contribution < -0.4 is 10.6 Å². The van der Waals surface area contributed by atoms with Gasteiger partial charge in [-0.05, 0) is 46.8 Å². The molecular formula is C14H22N2O4. The lowest BCUT2D eigenvalue weighted by molar-refractivity contribution is -0.123. The molecule has 1 heterocycles. The second-order valence-corrected chi connectivity index (χ2v) is 5.60. The molecule has 1 rings (SSSR count). The second kappa shape index (κ2) is 6.45. The van der Waals surface area contributed by atoms with Crippen LogP contribution in [-0.2, 0) is 16.1 Å². The van der Waals surface area contributed by atoms with Gasteiger partial charge in [-0.2, -0.15) is 0 Å². The van der Waals surface area contributed by atoms with E-state index in [-0.39, 0.29) is 12.5 Å². The van der Waals surface area contributed by atoms with E-state index in [4.69, 9.17) is 9.15 Å². The molecule has 0 aliphatic heterocycles. The van der Waals surface area contributed by atoms with Gasteiger partial charge in [0.25, 0.3) is 0 Å². The zero-order valence-corrected chi connectivity index (χ0v) is 12.6. The molecule has 1 unspecified atom stereocenters. The normalized spacial score (nSPS) is 12.7. The Morgan fingerprint density at radius 3 is 2.50 bits per heavy atom. The van der Waals surface area contributed by atoms with Crippen molar-refractivity contribution in [1.82, 2.24) is 10.6 Å². The molecule has 1 aromatic heterocycles. The molecule has 1 aromatic rings. The highest BCUT2D eigenvalue weighted by Gasteiger charge is 2.20. The predicted molar refractivity (Wildman–Crippen MR) is 74.1 cm³/mol. The number of amides is 2. The van der Waals surface area contributed by atoms with Gasteiger partial charge in [0.05, 0.1) is 6.54 Å². The Kier molecular flexibility index (Phi) is 5.19. The Morgan fingerprint density at radius 1 is 1.35 bits per heavy atom. The summed E-state index contributed by atoms with van der Waals surface area (Å²) < 4.78 is 10.4. The maximum atomic E-state index is 11.8. The Hall–Kier alpha value is -1.98. The van der Waals surface area contributed by atoms with Crippen molar-refractivity contribution in [1.29, 1.82) is 0 Å². The number of hydrogen-bond donors (Lipinski definition) is 2. The van der Waals surface area contributed by atoms with Crippen molar-refractivity contribution >= 4 is 12.0 Å². The first-order valence-corrected chi connectivity index (χ1v) is 6.50. The molecule has 1 atom stereocenters. The van der Waals surface area contributed by atoms with E-state index in [9.17, 15) is 9.59 Å². The van der Waals surface area contributed by atoms with Crippen LogP contribution in [0.4, 0.5) is 4.79 Å². The molecule has 6 nitrogen and oxygen atoms in total. The molecule has 0 fully saturated rings. The van der Waals surface area contributed by atoms with Crippen LogP contribution >= 0.6 is 0 Å². The number of carbonyl (C=O) groups is 2. The van der Waals surface area contributed by atoms with Crippen molar-refractivity contribution in [2.45, 2.75) is 52.8 Å². The summed E-state index contributed by atoms with van der Waals surface area (Å²) in [5.74, 6) is 1.15. The number of alkyl carbamates (subject to hydrolysis) is 1. The first-order chi connectivity index (χ1) is 9.17. The van der Waals surface area contributed by atoms with Crippen LogP contribution in [0.15, 0.2) is 16.5 Å². The zero-order valence-electron chi connectivity index (χ0n) is 12.6. The molecule has 20 heavy (non-hydrogen) atoms. The molecule has 112 valence electrons. The summed E-state index contributed by atoms with van der Waals surface area (Å²) in [6.07, 6.45) is -0.617. The number of aryl methyl sites for hydroxylation is 1. The summed E-state index contributed by atoms with van der Waals surface area (Å²) in [7, 11) is 0. The molecule has 0 aliphatic rings. The van der Waals surface area contributed by atoms with Crippen molar-refractivity contribution in [3.05, 3.63) is 23.7 Å². The monoisotopic (exact) mass is 282 g/mol. The standard InChI is InChI=1S/C14H22N2O4/c1-9-6-7-11(19-9)8-15-12(17)10(2)16-13(18)20-14(3,4)5/h6-7,10H,8H2,1-5H3,(H,15,17)(H,16,18). The molecule has 2 N–H and O–H groups in total. The number of ether oxygens (including phenoxy) is 1. The summed E-state index contributed by atoms with van der Waals surface area (Å²) in [5.41, 5.74) is -0.591. The third-order valence-electron chi connectivity index (χ3n) is 2.36. The van der Waals surface area contributed by atoms with Gasteiger partial charge in [-0.3, -0.25) is 4.79 Å². The van der Waals surface area contributed by atoms with Gasteiger partial charge in [-0.15, -0.1) is 0 Å². The number of hydrogen-bond acceptors (Lipinski definition) is 4. The summed E-state index contributed by atoms with van der Waals surface area (Å²) in [4.78, 5) is 23.3. The van der Waals surface area contributed by atoms with Crippen LogP contribution in [0.3, 0.4) is 0 Å². The molecule has 0 saturated heterocycles. The van der Waals surface area contributed by atoms with E-state index >= 15 is 0 Å². The highest BCUT2D eigenvalue weighted by atomic mass is 16.6. The lowest BCUT2D eigenvalue weighted by Gasteiger charge is -2.21. The van der Waals surface area contributed by atoms with Gasteiger partial charge in [0.1, 0.15) is 23.2 Å². The predicted octanol–water partition coefficient (Wildman–Crippen LogP) is 2.12. The summed E-state index contributed by atoms with van der Waals surface area (Å²) in [6.45, 7) is 8.99. The summed E-state index contributed by atoms with van der Waals surface area (Å²) in [6, 6.07) is 2.94. The summed E-state index contributed by atoms with van der Waals surface area (Å²) in [5, 5.41) is 5.15. The van der Waals surface area contributed by atoms with Gasteiger partial charge in [-0.1, -0.05) is 0 Å². The SMILES string of the molecule is Cc1ccc(CNC(=O)C(C)NC(=O)OC(C)(C)C)o1. The van der Waals surface area contributed by atoms with E-state index in [0.717, 1.165) is 5.76 Å². The minimum absolute atomic E-state index is 0.285. The fraction of sp³-hybridized carbons (Fsp3) is 0.571. The van der Waals surface area contributed by atoms with E-state index in [1.807, 2.05) is 13.0 Å². The number of furan rings is 1. The van der Waals surface area contributed by atoms with Crippen LogP contribution in [-0.4, -0.2) is 23.6 Å². The van der Waals surface area contributed by atoms with Crippen molar-refractivity contribution < 1.29 is 18.7 Å². The molecule has 0 radical (unpaired) electrons. The fourth-order valence-corrected chi connectivity index (χ4v) is 1.46. The van der Waals surface area contributed by atoms with Crippen LogP contribution in [0.5, 0.6) is 0 Å². The Labute approximate surface area is 118 Å². The van der Waals surface area contributed by atoms with E-state index in [1.54, 1.807) is 33.8 Å². The average molecular weight is 282 g/mol. The van der Waals surface area contributed by atoms with Gasteiger partial charge in [0.2, 0.25) is 5.91 Å². The maximum Gasteiger partial charge on any atom is 0.408 e. The molecule has 0 spiro atoms. The van der Waals surface area contributed by atoms with Crippen molar-refractivity contribution in [2.75, 3.05) is 0 Å². The van der Waals surface area contributed by atoms with Crippen LogP contribution in [0.25, 0.3) is 0 Å². The molecule has 0 aliphatic carbocycles. The van der Waals surface area contributed by atoms with Crippen molar-refractivity contribution in [3.8, 4) is 0 Å². The van der Waals surface area contributed by atoms with Gasteiger partial charge >= 0.3 is 6.09 Å². The average Bonchev–Trinajstić information content (AvgIpc) is 2.69. The third-order valence-corrected chi connectivity index (χ3v) is 2.36. The van der Waals surface area contributed by atoms with Crippen molar-refractivity contribution in [2.24, 2.45) is 0 Å². The molecule has 0 saturated carbocycles. The zero-order chi connectivity index (χ0) is 15.3. The van der Waals surface area contributed by atoms with Crippen LogP contribution in [0, 0.1) is 6.92 Å². The van der Waals surface area contributed by atoms with Crippen LogP contribution in [0.2, 0.25) is 0 Å². The Balaban J connectivity index is 2.37. The molecule has 0 bridgehead atoms. The Morgan fingerprint density at radius 2 is 2.00 bits per heavy atom. The molecule has 0 aromatic carbocycles. The minimum atomic E-state index is -0.680. The third kappa shape index (κ3) is 5.77. The molecule has 2 amide bonds. The molecule has 6 heteroatoms.